The Bertz CT molecular complexity index is 325. The van der Waals surface area contributed by atoms with E-state index in [2.05, 4.69) is 26.0 Å². The lowest BCUT2D eigenvalue weighted by Crippen LogP contribution is -2.34. The fourth-order valence-electron chi connectivity index (χ4n) is 0.902. The third-order valence-electron chi connectivity index (χ3n) is 2.04. The topological polar surface area (TPSA) is 54.0 Å². The standard InChI is InChI=1S/C10H17BrN4/c1-7-13-5-8(11)6-15(7)14-9(12)10(2,3)4/h5-7H,1-4H3,(H2,12,14). The van der Waals surface area contributed by atoms with Crippen molar-refractivity contribution in [3.05, 3.63) is 10.7 Å². The van der Waals surface area contributed by atoms with Crippen molar-refractivity contribution < 1.29 is 0 Å². The van der Waals surface area contributed by atoms with Crippen LogP contribution in [0, 0.1) is 5.41 Å². The van der Waals surface area contributed by atoms with E-state index in [1.807, 2.05) is 33.9 Å². The second-order valence-electron chi connectivity index (χ2n) is 4.54. The van der Waals surface area contributed by atoms with Crippen LogP contribution in [0.2, 0.25) is 0 Å². The first-order valence-electron chi connectivity index (χ1n) is 4.84. The Labute approximate surface area is 99.1 Å². The largest absolute Gasteiger partial charge is 0.385 e. The molecule has 0 spiro atoms. The van der Waals surface area contributed by atoms with Crippen LogP contribution in [0.4, 0.5) is 0 Å². The van der Waals surface area contributed by atoms with E-state index in [0.29, 0.717) is 5.84 Å². The number of hydrogen-bond donors (Lipinski definition) is 1. The van der Waals surface area contributed by atoms with Gasteiger partial charge in [-0.15, -0.1) is 0 Å². The summed E-state index contributed by atoms with van der Waals surface area (Å²) in [5.74, 6) is 0.600. The number of hydrazone groups is 1. The van der Waals surface area contributed by atoms with Crippen LogP contribution < -0.4 is 5.73 Å². The van der Waals surface area contributed by atoms with E-state index >= 15 is 0 Å². The monoisotopic (exact) mass is 272 g/mol. The first-order valence-corrected chi connectivity index (χ1v) is 5.63. The van der Waals surface area contributed by atoms with Crippen molar-refractivity contribution in [2.45, 2.75) is 33.9 Å². The van der Waals surface area contributed by atoms with Crippen molar-refractivity contribution in [2.75, 3.05) is 0 Å². The molecule has 0 aromatic rings. The van der Waals surface area contributed by atoms with Crippen LogP contribution in [-0.4, -0.2) is 23.2 Å². The highest BCUT2D eigenvalue weighted by molar-refractivity contribution is 9.12. The molecular formula is C10H17BrN4. The number of allylic oxidation sites excluding steroid dienone is 1. The Morgan fingerprint density at radius 1 is 1.60 bits per heavy atom. The Balaban J connectivity index is 2.86. The van der Waals surface area contributed by atoms with Gasteiger partial charge < -0.3 is 5.73 Å². The minimum absolute atomic E-state index is 0.00722. The van der Waals surface area contributed by atoms with Gasteiger partial charge in [0.1, 0.15) is 12.0 Å². The van der Waals surface area contributed by atoms with Crippen molar-refractivity contribution in [3.63, 3.8) is 0 Å². The summed E-state index contributed by atoms with van der Waals surface area (Å²) in [6.45, 7) is 8.05. The Kier molecular flexibility index (Phi) is 3.54. The second kappa shape index (κ2) is 4.35. The third-order valence-corrected chi connectivity index (χ3v) is 2.45. The Morgan fingerprint density at radius 3 is 2.73 bits per heavy atom. The molecule has 0 saturated heterocycles. The van der Waals surface area contributed by atoms with Gasteiger partial charge in [-0.3, -0.25) is 4.99 Å². The zero-order valence-electron chi connectivity index (χ0n) is 9.53. The maximum atomic E-state index is 5.90. The quantitative estimate of drug-likeness (QED) is 0.588. The molecule has 1 aliphatic heterocycles. The molecule has 0 aromatic heterocycles. The molecule has 0 bridgehead atoms. The highest BCUT2D eigenvalue weighted by atomic mass is 79.9. The second-order valence-corrected chi connectivity index (χ2v) is 5.45. The first-order chi connectivity index (χ1) is 6.80. The summed E-state index contributed by atoms with van der Waals surface area (Å²) < 4.78 is 0.894. The van der Waals surface area contributed by atoms with Gasteiger partial charge in [-0.05, 0) is 22.9 Å². The number of halogens is 1. The predicted molar refractivity (Wildman–Crippen MR) is 67.9 cm³/mol. The number of nitrogens with zero attached hydrogens (tertiary/aromatic N) is 3. The predicted octanol–water partition coefficient (Wildman–Crippen LogP) is 2.27. The van der Waals surface area contributed by atoms with E-state index in [-0.39, 0.29) is 11.6 Å². The number of rotatable bonds is 1. The lowest BCUT2D eigenvalue weighted by Gasteiger charge is -2.26. The average Bonchev–Trinajstić information content (AvgIpc) is 2.09. The summed E-state index contributed by atoms with van der Waals surface area (Å²) in [6.07, 6.45) is 3.63. The molecule has 15 heavy (non-hydrogen) atoms. The van der Waals surface area contributed by atoms with E-state index in [1.54, 1.807) is 11.2 Å². The Hall–Kier alpha value is -0.840. The number of nitrogens with two attached hydrogens (primary N) is 1. The van der Waals surface area contributed by atoms with Crippen LogP contribution in [0.1, 0.15) is 27.7 Å². The molecule has 0 saturated carbocycles. The SMILES string of the molecule is CC1N=CC(Br)=CN1N=C(N)C(C)(C)C. The zero-order chi connectivity index (χ0) is 11.6. The van der Waals surface area contributed by atoms with E-state index in [9.17, 15) is 0 Å². The minimum atomic E-state index is -0.124. The molecule has 1 atom stereocenters. The van der Waals surface area contributed by atoms with Gasteiger partial charge in [0, 0.05) is 17.8 Å². The van der Waals surface area contributed by atoms with Gasteiger partial charge in [0.15, 0.2) is 0 Å². The maximum Gasteiger partial charge on any atom is 0.138 e. The smallest absolute Gasteiger partial charge is 0.138 e. The van der Waals surface area contributed by atoms with Crippen molar-refractivity contribution >= 4 is 28.0 Å². The van der Waals surface area contributed by atoms with Gasteiger partial charge in [0.25, 0.3) is 0 Å². The average molecular weight is 273 g/mol. The normalized spacial score (nSPS) is 23.0. The fraction of sp³-hybridized carbons (Fsp3) is 0.600. The van der Waals surface area contributed by atoms with Crippen molar-refractivity contribution in [2.24, 2.45) is 21.2 Å². The maximum absolute atomic E-state index is 5.90. The van der Waals surface area contributed by atoms with Crippen molar-refractivity contribution in [1.29, 1.82) is 0 Å². The zero-order valence-corrected chi connectivity index (χ0v) is 11.1. The van der Waals surface area contributed by atoms with Crippen molar-refractivity contribution in [1.82, 2.24) is 5.01 Å². The van der Waals surface area contributed by atoms with Crippen LogP contribution in [-0.2, 0) is 0 Å². The molecule has 1 heterocycles. The molecule has 5 heteroatoms. The number of aliphatic imine (C=N–C) groups is 1. The summed E-state index contributed by atoms with van der Waals surface area (Å²) in [4.78, 5) is 4.25. The summed E-state index contributed by atoms with van der Waals surface area (Å²) in [5, 5.41) is 6.10. The minimum Gasteiger partial charge on any atom is -0.385 e. The van der Waals surface area contributed by atoms with Crippen LogP contribution in [0.5, 0.6) is 0 Å². The molecule has 0 fully saturated rings. The lowest BCUT2D eigenvalue weighted by atomic mass is 9.96. The fourth-order valence-corrected chi connectivity index (χ4v) is 1.23. The van der Waals surface area contributed by atoms with Crippen LogP contribution in [0.25, 0.3) is 0 Å². The molecule has 0 amide bonds. The van der Waals surface area contributed by atoms with Crippen LogP contribution in [0.15, 0.2) is 20.8 Å². The molecule has 0 aromatic carbocycles. The number of hydrogen-bond acceptors (Lipinski definition) is 3. The third kappa shape index (κ3) is 3.34. The highest BCUT2D eigenvalue weighted by Crippen LogP contribution is 2.18. The summed E-state index contributed by atoms with van der Waals surface area (Å²) >= 11 is 3.36. The Morgan fingerprint density at radius 2 is 2.20 bits per heavy atom. The van der Waals surface area contributed by atoms with Gasteiger partial charge in [0.05, 0.1) is 4.48 Å². The molecule has 84 valence electrons. The van der Waals surface area contributed by atoms with Gasteiger partial charge in [-0.25, -0.2) is 5.01 Å². The van der Waals surface area contributed by atoms with E-state index in [1.165, 1.54) is 0 Å². The number of amidine groups is 1. The van der Waals surface area contributed by atoms with Gasteiger partial charge in [-0.2, -0.15) is 5.10 Å². The molecule has 1 rings (SSSR count). The molecular weight excluding hydrogens is 256 g/mol. The van der Waals surface area contributed by atoms with Gasteiger partial charge in [-0.1, -0.05) is 20.8 Å². The molecule has 1 unspecified atom stereocenters. The lowest BCUT2D eigenvalue weighted by molar-refractivity contribution is 0.308. The molecule has 0 aliphatic carbocycles. The van der Waals surface area contributed by atoms with E-state index in [4.69, 9.17) is 5.73 Å². The van der Waals surface area contributed by atoms with E-state index in [0.717, 1.165) is 4.48 Å². The van der Waals surface area contributed by atoms with E-state index < -0.39 is 0 Å². The highest BCUT2D eigenvalue weighted by Gasteiger charge is 2.19. The first kappa shape index (κ1) is 12.2. The summed E-state index contributed by atoms with van der Waals surface area (Å²) in [5.41, 5.74) is 5.78. The molecule has 1 aliphatic rings. The van der Waals surface area contributed by atoms with Gasteiger partial charge >= 0.3 is 0 Å². The van der Waals surface area contributed by atoms with Crippen molar-refractivity contribution in [3.8, 4) is 0 Å². The summed E-state index contributed by atoms with van der Waals surface area (Å²) in [6, 6.07) is 0. The van der Waals surface area contributed by atoms with Crippen LogP contribution >= 0.6 is 15.9 Å². The van der Waals surface area contributed by atoms with Gasteiger partial charge in [0.2, 0.25) is 0 Å². The molecule has 4 nitrogen and oxygen atoms in total. The molecule has 0 radical (unpaired) electrons. The van der Waals surface area contributed by atoms with Crippen LogP contribution in [0.3, 0.4) is 0 Å². The molecule has 2 N–H and O–H groups in total. The summed E-state index contributed by atoms with van der Waals surface area (Å²) in [7, 11) is 0.